The average Bonchev–Trinajstić information content (AvgIpc) is 2.42. The van der Waals surface area contributed by atoms with Gasteiger partial charge in [0.2, 0.25) is 0 Å². The fraction of sp³-hybridized carbons (Fsp3) is 0. The first kappa shape index (κ1) is 14.3. The Balaban J connectivity index is 2.38. The van der Waals surface area contributed by atoms with Crippen molar-refractivity contribution >= 4 is 33.2 Å². The van der Waals surface area contributed by atoms with Gasteiger partial charge in [-0.15, -0.1) is 0 Å². The summed E-state index contributed by atoms with van der Waals surface area (Å²) in [7, 11) is 0. The van der Waals surface area contributed by atoms with Crippen LogP contribution < -0.4 is 4.74 Å². The molecule has 0 N–H and O–H groups in total. The van der Waals surface area contributed by atoms with E-state index in [2.05, 4.69) is 15.9 Å². The van der Waals surface area contributed by atoms with Crippen LogP contribution in [-0.4, -0.2) is 4.92 Å². The zero-order chi connectivity index (χ0) is 14.7. The van der Waals surface area contributed by atoms with E-state index in [1.165, 1.54) is 18.2 Å². The minimum Gasteiger partial charge on any atom is -0.456 e. The molecule has 5 nitrogen and oxygen atoms in total. The first-order chi connectivity index (χ1) is 9.51. The van der Waals surface area contributed by atoms with Gasteiger partial charge >= 0.3 is 0 Å². The van der Waals surface area contributed by atoms with Crippen molar-refractivity contribution in [1.82, 2.24) is 0 Å². The van der Waals surface area contributed by atoms with Gasteiger partial charge < -0.3 is 4.74 Å². The van der Waals surface area contributed by atoms with Crippen molar-refractivity contribution in [3.8, 4) is 17.6 Å². The van der Waals surface area contributed by atoms with Gasteiger partial charge in [0.05, 0.1) is 9.95 Å². The van der Waals surface area contributed by atoms with E-state index in [1.807, 2.05) is 0 Å². The molecule has 0 aromatic heterocycles. The van der Waals surface area contributed by atoms with Gasteiger partial charge in [-0.05, 0) is 24.3 Å². The highest BCUT2D eigenvalue weighted by Crippen LogP contribution is 2.33. The van der Waals surface area contributed by atoms with Crippen molar-refractivity contribution in [1.29, 1.82) is 5.26 Å². The van der Waals surface area contributed by atoms with Crippen LogP contribution in [0.5, 0.6) is 11.5 Å². The molecule has 2 aromatic carbocycles. The molecule has 7 heteroatoms. The first-order valence-corrected chi connectivity index (χ1v) is 6.50. The van der Waals surface area contributed by atoms with Crippen molar-refractivity contribution in [3.63, 3.8) is 0 Å². The zero-order valence-electron chi connectivity index (χ0n) is 9.84. The van der Waals surface area contributed by atoms with Crippen LogP contribution >= 0.6 is 27.5 Å². The standard InChI is InChI=1S/C13H6BrClN2O3/c14-9-1-3-11(15)13(6-9)20-10-2-4-12(17(18)19)8(5-10)7-16/h1-6H. The Morgan fingerprint density at radius 1 is 1.30 bits per heavy atom. The molecule has 0 heterocycles. The number of hydrogen-bond acceptors (Lipinski definition) is 4. The van der Waals surface area contributed by atoms with Crippen LogP contribution in [0.1, 0.15) is 5.56 Å². The second kappa shape index (κ2) is 5.90. The molecule has 0 amide bonds. The van der Waals surface area contributed by atoms with Crippen LogP contribution in [0.2, 0.25) is 5.02 Å². The number of nitrogens with zero attached hydrogens (tertiary/aromatic N) is 2. The number of nitro groups is 1. The van der Waals surface area contributed by atoms with Gasteiger partial charge in [-0.2, -0.15) is 5.26 Å². The summed E-state index contributed by atoms with van der Waals surface area (Å²) in [5.74, 6) is 0.686. The third-order valence-corrected chi connectivity index (χ3v) is 3.21. The molecule has 0 spiro atoms. The number of rotatable bonds is 3. The summed E-state index contributed by atoms with van der Waals surface area (Å²) in [6.45, 7) is 0. The number of benzene rings is 2. The van der Waals surface area contributed by atoms with Gasteiger partial charge in [-0.25, -0.2) is 0 Å². The molecule has 0 fully saturated rings. The van der Waals surface area contributed by atoms with E-state index >= 15 is 0 Å². The van der Waals surface area contributed by atoms with E-state index < -0.39 is 4.92 Å². The summed E-state index contributed by atoms with van der Waals surface area (Å²) in [6, 6.07) is 10.8. The maximum atomic E-state index is 10.7. The van der Waals surface area contributed by atoms with Crippen LogP contribution in [0, 0.1) is 21.4 Å². The van der Waals surface area contributed by atoms with Crippen LogP contribution in [0.3, 0.4) is 0 Å². The fourth-order valence-corrected chi connectivity index (χ4v) is 2.01. The lowest BCUT2D eigenvalue weighted by atomic mass is 10.2. The van der Waals surface area contributed by atoms with Gasteiger partial charge in [-0.3, -0.25) is 10.1 Å². The molecule has 0 aliphatic carbocycles. The molecule has 100 valence electrons. The van der Waals surface area contributed by atoms with Gasteiger partial charge in [0.15, 0.2) is 0 Å². The van der Waals surface area contributed by atoms with Gasteiger partial charge in [-0.1, -0.05) is 27.5 Å². The van der Waals surface area contributed by atoms with Crippen LogP contribution in [0.15, 0.2) is 40.9 Å². The lowest BCUT2D eigenvalue weighted by molar-refractivity contribution is -0.385. The fourth-order valence-electron chi connectivity index (χ4n) is 1.51. The summed E-state index contributed by atoms with van der Waals surface area (Å²) in [5.41, 5.74) is -0.334. The van der Waals surface area contributed by atoms with Crippen LogP contribution in [0.4, 0.5) is 5.69 Å². The van der Waals surface area contributed by atoms with E-state index in [0.29, 0.717) is 16.5 Å². The maximum absolute atomic E-state index is 10.7. The van der Waals surface area contributed by atoms with Crippen molar-refractivity contribution in [2.45, 2.75) is 0 Å². The molecular weight excluding hydrogens is 348 g/mol. The normalized spacial score (nSPS) is 9.85. The molecule has 2 aromatic rings. The number of nitriles is 1. The number of halogens is 2. The van der Waals surface area contributed by atoms with Crippen LogP contribution in [-0.2, 0) is 0 Å². The molecule has 0 saturated heterocycles. The molecule has 0 bridgehead atoms. The Hall–Kier alpha value is -2.10. The largest absolute Gasteiger partial charge is 0.456 e. The minimum absolute atomic E-state index is 0.0707. The van der Waals surface area contributed by atoms with Crippen molar-refractivity contribution < 1.29 is 9.66 Å². The van der Waals surface area contributed by atoms with Gasteiger partial charge in [0.1, 0.15) is 23.1 Å². The number of nitro benzene ring substituents is 1. The monoisotopic (exact) mass is 352 g/mol. The maximum Gasteiger partial charge on any atom is 0.287 e. The van der Waals surface area contributed by atoms with Crippen LogP contribution in [0.25, 0.3) is 0 Å². The highest BCUT2D eigenvalue weighted by atomic mass is 79.9. The highest BCUT2D eigenvalue weighted by Gasteiger charge is 2.15. The average molecular weight is 354 g/mol. The lowest BCUT2D eigenvalue weighted by Gasteiger charge is -2.08. The van der Waals surface area contributed by atoms with Crippen molar-refractivity contribution in [3.05, 3.63) is 61.6 Å². The molecule has 0 saturated carbocycles. The molecule has 0 unspecified atom stereocenters. The molecule has 0 aliphatic heterocycles. The third kappa shape index (κ3) is 3.07. The number of ether oxygens (including phenoxy) is 1. The SMILES string of the molecule is N#Cc1cc(Oc2cc(Br)ccc2Cl)ccc1[N+](=O)[O-]. The van der Waals surface area contributed by atoms with E-state index in [-0.39, 0.29) is 11.3 Å². The summed E-state index contributed by atoms with van der Waals surface area (Å²) in [4.78, 5) is 10.1. The van der Waals surface area contributed by atoms with Gasteiger partial charge in [0, 0.05) is 16.6 Å². The molecule has 20 heavy (non-hydrogen) atoms. The summed E-state index contributed by atoms with van der Waals surface area (Å²) >= 11 is 9.27. The Labute approximate surface area is 127 Å². The number of hydrogen-bond donors (Lipinski definition) is 0. The second-order valence-corrected chi connectivity index (χ2v) is 5.05. The molecule has 2 rings (SSSR count). The summed E-state index contributed by atoms with van der Waals surface area (Å²) in [6.07, 6.45) is 0. The van der Waals surface area contributed by atoms with E-state index in [1.54, 1.807) is 24.3 Å². The van der Waals surface area contributed by atoms with E-state index in [4.69, 9.17) is 21.6 Å². The Morgan fingerprint density at radius 3 is 2.70 bits per heavy atom. The Kier molecular flexibility index (Phi) is 4.23. The second-order valence-electron chi connectivity index (χ2n) is 3.72. The Bertz CT molecular complexity index is 728. The lowest BCUT2D eigenvalue weighted by Crippen LogP contribution is -1.93. The van der Waals surface area contributed by atoms with Crippen molar-refractivity contribution in [2.24, 2.45) is 0 Å². The molecule has 0 radical (unpaired) electrons. The van der Waals surface area contributed by atoms with Crippen molar-refractivity contribution in [2.75, 3.05) is 0 Å². The molecular formula is C13H6BrClN2O3. The highest BCUT2D eigenvalue weighted by molar-refractivity contribution is 9.10. The molecule has 0 aliphatic rings. The zero-order valence-corrected chi connectivity index (χ0v) is 12.2. The summed E-state index contributed by atoms with van der Waals surface area (Å²) < 4.78 is 6.31. The quantitative estimate of drug-likeness (QED) is 0.593. The minimum atomic E-state index is -0.617. The third-order valence-electron chi connectivity index (χ3n) is 2.41. The predicted molar refractivity (Wildman–Crippen MR) is 77.0 cm³/mol. The summed E-state index contributed by atoms with van der Waals surface area (Å²) in [5, 5.41) is 20.0. The topological polar surface area (TPSA) is 76.2 Å². The van der Waals surface area contributed by atoms with E-state index in [0.717, 1.165) is 4.47 Å². The first-order valence-electron chi connectivity index (χ1n) is 5.32. The van der Waals surface area contributed by atoms with E-state index in [9.17, 15) is 10.1 Å². The molecule has 0 atom stereocenters. The Morgan fingerprint density at radius 2 is 2.05 bits per heavy atom. The predicted octanol–water partition coefficient (Wildman–Crippen LogP) is 4.67. The smallest absolute Gasteiger partial charge is 0.287 e. The van der Waals surface area contributed by atoms with Gasteiger partial charge in [0.25, 0.3) is 5.69 Å².